The van der Waals surface area contributed by atoms with E-state index in [1.807, 2.05) is 7.05 Å². The molecule has 1 fully saturated rings. The van der Waals surface area contributed by atoms with Crippen LogP contribution in [0.25, 0.3) is 0 Å². The van der Waals surface area contributed by atoms with Crippen LogP contribution in [0.2, 0.25) is 0 Å². The number of halogens is 2. The fourth-order valence-corrected chi connectivity index (χ4v) is 4.51. The van der Waals surface area contributed by atoms with Gasteiger partial charge in [-0.3, -0.25) is 0 Å². The number of likely N-dealkylation sites (tertiary alicyclic amines) is 1. The van der Waals surface area contributed by atoms with Crippen LogP contribution >= 0.6 is 15.9 Å². The fraction of sp³-hybridized carbons (Fsp3) is 0.538. The second-order valence-corrected chi connectivity index (χ2v) is 8.18. The molecule has 1 heterocycles. The van der Waals surface area contributed by atoms with Crippen LogP contribution < -0.4 is 5.73 Å². The van der Waals surface area contributed by atoms with E-state index in [2.05, 4.69) is 20.8 Å². The lowest BCUT2D eigenvalue weighted by atomic mass is 10.1. The van der Waals surface area contributed by atoms with Crippen molar-refractivity contribution in [2.75, 3.05) is 32.9 Å². The topological polar surface area (TPSA) is 66.6 Å². The predicted octanol–water partition coefficient (Wildman–Crippen LogP) is 1.89. The van der Waals surface area contributed by atoms with E-state index in [1.54, 1.807) is 7.05 Å². The van der Waals surface area contributed by atoms with Crippen molar-refractivity contribution < 1.29 is 12.8 Å². The first kappa shape index (κ1) is 16.7. The highest BCUT2D eigenvalue weighted by Gasteiger charge is 2.31. The van der Waals surface area contributed by atoms with Gasteiger partial charge in [-0.2, -0.15) is 4.31 Å². The minimum Gasteiger partial charge on any atom is -0.398 e. The Balaban J connectivity index is 2.31. The minimum absolute atomic E-state index is 0.0581. The molecule has 2 N–H and O–H groups in total. The maximum atomic E-state index is 13.4. The molecule has 0 spiro atoms. The van der Waals surface area contributed by atoms with E-state index >= 15 is 0 Å². The second-order valence-electron chi connectivity index (χ2n) is 5.36. The first-order valence-corrected chi connectivity index (χ1v) is 8.88. The molecule has 118 valence electrons. The van der Waals surface area contributed by atoms with Crippen molar-refractivity contribution in [2.45, 2.75) is 23.8 Å². The van der Waals surface area contributed by atoms with E-state index in [0.29, 0.717) is 0 Å². The van der Waals surface area contributed by atoms with Gasteiger partial charge in [-0.25, -0.2) is 12.8 Å². The Morgan fingerprint density at radius 1 is 1.38 bits per heavy atom. The van der Waals surface area contributed by atoms with Crippen LogP contribution in [0.1, 0.15) is 12.8 Å². The number of nitrogen functional groups attached to an aromatic ring is 1. The standard InChI is InChI=1S/C13H19BrFN3O2S/c1-17-5-3-9(4-6-17)18(2)21(19,20)13-7-10(14)11(15)8-12(13)16/h7-9H,3-6,16H2,1-2H3. The summed E-state index contributed by atoms with van der Waals surface area (Å²) in [6.07, 6.45) is 1.54. The maximum absolute atomic E-state index is 13.4. The summed E-state index contributed by atoms with van der Waals surface area (Å²) in [6, 6.07) is 2.19. The van der Waals surface area contributed by atoms with Crippen molar-refractivity contribution in [2.24, 2.45) is 0 Å². The summed E-state index contributed by atoms with van der Waals surface area (Å²) in [7, 11) is -0.162. The number of hydrogen-bond acceptors (Lipinski definition) is 4. The third-order valence-corrected chi connectivity index (χ3v) is 6.49. The van der Waals surface area contributed by atoms with Crippen LogP contribution in [0.3, 0.4) is 0 Å². The van der Waals surface area contributed by atoms with Crippen molar-refractivity contribution in [3.8, 4) is 0 Å². The van der Waals surface area contributed by atoms with Gasteiger partial charge in [-0.05, 0) is 61.0 Å². The minimum atomic E-state index is -3.73. The fourth-order valence-electron chi connectivity index (χ4n) is 2.48. The molecular formula is C13H19BrFN3O2S. The van der Waals surface area contributed by atoms with Gasteiger partial charge >= 0.3 is 0 Å². The van der Waals surface area contributed by atoms with Crippen molar-refractivity contribution in [1.82, 2.24) is 9.21 Å². The van der Waals surface area contributed by atoms with E-state index in [9.17, 15) is 12.8 Å². The molecule has 1 aromatic carbocycles. The molecule has 1 aliphatic heterocycles. The van der Waals surface area contributed by atoms with Gasteiger partial charge in [0.2, 0.25) is 10.0 Å². The molecule has 0 radical (unpaired) electrons. The van der Waals surface area contributed by atoms with Gasteiger partial charge in [-0.1, -0.05) is 0 Å². The van der Waals surface area contributed by atoms with Gasteiger partial charge in [-0.15, -0.1) is 0 Å². The van der Waals surface area contributed by atoms with Crippen molar-refractivity contribution in [1.29, 1.82) is 0 Å². The highest BCUT2D eigenvalue weighted by atomic mass is 79.9. The number of benzene rings is 1. The molecule has 1 saturated heterocycles. The zero-order chi connectivity index (χ0) is 15.8. The SMILES string of the molecule is CN1CCC(N(C)S(=O)(=O)c2cc(Br)c(F)cc2N)CC1. The quantitative estimate of drug-likeness (QED) is 0.814. The third-order valence-electron chi connectivity index (χ3n) is 3.91. The molecule has 1 aromatic rings. The maximum Gasteiger partial charge on any atom is 0.245 e. The molecule has 21 heavy (non-hydrogen) atoms. The third kappa shape index (κ3) is 3.39. The van der Waals surface area contributed by atoms with Crippen LogP contribution in [0.4, 0.5) is 10.1 Å². The van der Waals surface area contributed by atoms with Gasteiger partial charge in [0.05, 0.1) is 10.2 Å². The number of nitrogens with zero attached hydrogens (tertiary/aromatic N) is 2. The lowest BCUT2D eigenvalue weighted by molar-refractivity contribution is 0.197. The Kier molecular flexibility index (Phi) is 4.92. The van der Waals surface area contributed by atoms with E-state index in [-0.39, 0.29) is 21.1 Å². The molecule has 0 atom stereocenters. The van der Waals surface area contributed by atoms with Crippen molar-refractivity contribution >= 4 is 31.6 Å². The van der Waals surface area contributed by atoms with E-state index in [4.69, 9.17) is 5.73 Å². The molecule has 0 unspecified atom stereocenters. The van der Waals surface area contributed by atoms with Crippen LogP contribution in [0.15, 0.2) is 21.5 Å². The summed E-state index contributed by atoms with van der Waals surface area (Å²) in [5.74, 6) is -0.576. The van der Waals surface area contributed by atoms with Crippen LogP contribution in [0.5, 0.6) is 0 Å². The lowest BCUT2D eigenvalue weighted by Gasteiger charge is -2.34. The molecule has 8 heteroatoms. The van der Waals surface area contributed by atoms with Crippen molar-refractivity contribution in [3.05, 3.63) is 22.4 Å². The van der Waals surface area contributed by atoms with Gasteiger partial charge in [0.1, 0.15) is 10.7 Å². The molecule has 0 aromatic heterocycles. The van der Waals surface area contributed by atoms with Crippen LogP contribution in [-0.4, -0.2) is 50.8 Å². The van der Waals surface area contributed by atoms with Gasteiger partial charge in [0.25, 0.3) is 0 Å². The predicted molar refractivity (Wildman–Crippen MR) is 84.0 cm³/mol. The Hall–Kier alpha value is -0.700. The molecule has 0 bridgehead atoms. The molecule has 1 aliphatic rings. The number of sulfonamides is 1. The molecule has 5 nitrogen and oxygen atoms in total. The Labute approximate surface area is 133 Å². The number of nitrogens with two attached hydrogens (primary N) is 1. The van der Waals surface area contributed by atoms with E-state index < -0.39 is 15.8 Å². The monoisotopic (exact) mass is 379 g/mol. The molecule has 0 amide bonds. The Bertz CT molecular complexity index is 631. The van der Waals surface area contributed by atoms with Crippen molar-refractivity contribution in [3.63, 3.8) is 0 Å². The van der Waals surface area contributed by atoms with Gasteiger partial charge in [0, 0.05) is 13.1 Å². The lowest BCUT2D eigenvalue weighted by Crippen LogP contribution is -2.44. The average molecular weight is 380 g/mol. The zero-order valence-electron chi connectivity index (χ0n) is 12.0. The molecule has 2 rings (SSSR count). The number of rotatable bonds is 3. The first-order chi connectivity index (χ1) is 9.73. The largest absolute Gasteiger partial charge is 0.398 e. The Morgan fingerprint density at radius 3 is 2.52 bits per heavy atom. The summed E-state index contributed by atoms with van der Waals surface area (Å²) < 4.78 is 40.2. The summed E-state index contributed by atoms with van der Waals surface area (Å²) >= 11 is 3.01. The smallest absolute Gasteiger partial charge is 0.245 e. The summed E-state index contributed by atoms with van der Waals surface area (Å²) in [6.45, 7) is 1.71. The normalized spacial score (nSPS) is 18.3. The number of piperidine rings is 1. The molecule has 0 saturated carbocycles. The summed E-state index contributed by atoms with van der Waals surface area (Å²) in [5.41, 5.74) is 5.62. The highest BCUT2D eigenvalue weighted by molar-refractivity contribution is 9.10. The molecular weight excluding hydrogens is 361 g/mol. The first-order valence-electron chi connectivity index (χ1n) is 6.64. The summed E-state index contributed by atoms with van der Waals surface area (Å²) in [5, 5.41) is 0. The number of anilines is 1. The second kappa shape index (κ2) is 6.20. The van der Waals surface area contributed by atoms with E-state index in [0.717, 1.165) is 32.0 Å². The average Bonchev–Trinajstić information content (AvgIpc) is 2.42. The van der Waals surface area contributed by atoms with Crippen LogP contribution in [-0.2, 0) is 10.0 Å². The molecule has 0 aliphatic carbocycles. The Morgan fingerprint density at radius 2 is 1.95 bits per heavy atom. The summed E-state index contributed by atoms with van der Waals surface area (Å²) in [4.78, 5) is 2.11. The van der Waals surface area contributed by atoms with Gasteiger partial charge < -0.3 is 10.6 Å². The highest BCUT2D eigenvalue weighted by Crippen LogP contribution is 2.30. The number of hydrogen-bond donors (Lipinski definition) is 1. The van der Waals surface area contributed by atoms with Crippen LogP contribution in [0, 0.1) is 5.82 Å². The zero-order valence-corrected chi connectivity index (χ0v) is 14.4. The van der Waals surface area contributed by atoms with E-state index in [1.165, 1.54) is 10.4 Å². The van der Waals surface area contributed by atoms with Gasteiger partial charge in [0.15, 0.2) is 0 Å².